The quantitative estimate of drug-likeness (QED) is 0.429. The lowest BCUT2D eigenvalue weighted by Gasteiger charge is -2.15. The lowest BCUT2D eigenvalue weighted by atomic mass is 10.1. The molecule has 0 radical (unpaired) electrons. The van der Waals surface area contributed by atoms with Gasteiger partial charge in [0.05, 0.1) is 16.5 Å². The number of thioether (sulfide) groups is 1. The predicted octanol–water partition coefficient (Wildman–Crippen LogP) is 5.57. The first-order chi connectivity index (χ1) is 13.0. The summed E-state index contributed by atoms with van der Waals surface area (Å²) < 4.78 is 13.1. The second kappa shape index (κ2) is 9.10. The Hall–Kier alpha value is -1.54. The second-order valence-electron chi connectivity index (χ2n) is 5.53. The number of ether oxygens (including phenoxy) is 2. The molecule has 0 unspecified atom stereocenters. The minimum Gasteiger partial charge on any atom is -0.490 e. The average Bonchev–Trinajstić information content (AvgIpc) is 2.93. The molecule has 1 aliphatic rings. The second-order valence-corrected chi connectivity index (χ2v) is 8.57. The van der Waals surface area contributed by atoms with Gasteiger partial charge in [-0.2, -0.15) is 0 Å². The highest BCUT2D eigenvalue weighted by molar-refractivity contribution is 9.10. The van der Waals surface area contributed by atoms with Crippen LogP contribution in [-0.4, -0.2) is 16.8 Å². The van der Waals surface area contributed by atoms with E-state index in [2.05, 4.69) is 21.2 Å². The van der Waals surface area contributed by atoms with Crippen LogP contribution in [0.1, 0.15) is 18.1 Å². The van der Waals surface area contributed by atoms with Gasteiger partial charge in [-0.15, -0.1) is 0 Å². The van der Waals surface area contributed by atoms with Gasteiger partial charge in [-0.25, -0.2) is 0 Å². The number of nitrogens with one attached hydrogen (secondary N) is 1. The van der Waals surface area contributed by atoms with E-state index in [-0.39, 0.29) is 5.91 Å². The molecule has 1 saturated heterocycles. The molecule has 2 aromatic carbocycles. The number of halogens is 2. The molecule has 0 spiro atoms. The number of hydrogen-bond donors (Lipinski definition) is 1. The Labute approximate surface area is 180 Å². The standard InChI is InChI=1S/C19H15BrClNO3S2/c1-2-24-15-8-12(9-16-18(23)22-19(26)27-16)7-14(21)17(15)25-10-11-3-5-13(20)6-4-11/h3-9H,2,10H2,1H3,(H,22,23,26)/b16-9-. The highest BCUT2D eigenvalue weighted by atomic mass is 79.9. The molecule has 0 saturated carbocycles. The summed E-state index contributed by atoms with van der Waals surface area (Å²) in [5.41, 5.74) is 1.75. The third-order valence-electron chi connectivity index (χ3n) is 3.57. The lowest BCUT2D eigenvalue weighted by molar-refractivity contribution is -0.115. The number of benzene rings is 2. The monoisotopic (exact) mass is 483 g/mol. The first-order valence-electron chi connectivity index (χ1n) is 8.04. The number of amides is 1. The van der Waals surface area contributed by atoms with Crippen LogP contribution in [-0.2, 0) is 11.4 Å². The molecule has 1 fully saturated rings. The molecule has 1 amide bonds. The molecule has 140 valence electrons. The fourth-order valence-corrected chi connectivity index (χ4v) is 3.97. The van der Waals surface area contributed by atoms with E-state index in [1.54, 1.807) is 18.2 Å². The van der Waals surface area contributed by atoms with Crippen molar-refractivity contribution in [1.82, 2.24) is 5.32 Å². The van der Waals surface area contributed by atoms with Crippen LogP contribution in [0.4, 0.5) is 0 Å². The number of hydrogen-bond acceptors (Lipinski definition) is 5. The van der Waals surface area contributed by atoms with Crippen molar-refractivity contribution >= 4 is 67.8 Å². The van der Waals surface area contributed by atoms with Gasteiger partial charge < -0.3 is 14.8 Å². The van der Waals surface area contributed by atoms with E-state index < -0.39 is 0 Å². The Kier molecular flexibility index (Phi) is 6.81. The van der Waals surface area contributed by atoms with Crippen molar-refractivity contribution in [2.24, 2.45) is 0 Å². The molecule has 1 aliphatic heterocycles. The third kappa shape index (κ3) is 5.25. The Bertz CT molecular complexity index is 916. The zero-order valence-corrected chi connectivity index (χ0v) is 18.2. The van der Waals surface area contributed by atoms with Crippen LogP contribution in [0, 0.1) is 0 Å². The van der Waals surface area contributed by atoms with Crippen LogP contribution in [0.3, 0.4) is 0 Å². The molecule has 0 atom stereocenters. The molecule has 1 heterocycles. The molecular formula is C19H15BrClNO3S2. The molecule has 4 nitrogen and oxygen atoms in total. The largest absolute Gasteiger partial charge is 0.490 e. The summed E-state index contributed by atoms with van der Waals surface area (Å²) in [5, 5.41) is 3.00. The van der Waals surface area contributed by atoms with Gasteiger partial charge in [0.15, 0.2) is 11.5 Å². The van der Waals surface area contributed by atoms with Crippen LogP contribution in [0.25, 0.3) is 6.08 Å². The topological polar surface area (TPSA) is 47.6 Å². The van der Waals surface area contributed by atoms with Crippen molar-refractivity contribution in [3.8, 4) is 11.5 Å². The molecule has 0 aromatic heterocycles. The Morgan fingerprint density at radius 3 is 2.63 bits per heavy atom. The zero-order chi connectivity index (χ0) is 19.4. The van der Waals surface area contributed by atoms with Gasteiger partial charge in [0.2, 0.25) is 0 Å². The highest BCUT2D eigenvalue weighted by Crippen LogP contribution is 2.38. The maximum absolute atomic E-state index is 11.9. The van der Waals surface area contributed by atoms with Gasteiger partial charge in [-0.3, -0.25) is 4.79 Å². The van der Waals surface area contributed by atoms with Crippen molar-refractivity contribution in [2.75, 3.05) is 6.61 Å². The van der Waals surface area contributed by atoms with E-state index in [1.807, 2.05) is 31.2 Å². The number of rotatable bonds is 6. The summed E-state index contributed by atoms with van der Waals surface area (Å²) in [5.74, 6) is 0.789. The van der Waals surface area contributed by atoms with Crippen LogP contribution in [0.2, 0.25) is 5.02 Å². The zero-order valence-electron chi connectivity index (χ0n) is 14.3. The first kappa shape index (κ1) is 20.2. The van der Waals surface area contributed by atoms with E-state index in [0.29, 0.717) is 39.0 Å². The van der Waals surface area contributed by atoms with Crippen LogP contribution >= 0.6 is 51.5 Å². The molecular weight excluding hydrogens is 470 g/mol. The summed E-state index contributed by atoms with van der Waals surface area (Å²) in [6.07, 6.45) is 1.73. The minimum absolute atomic E-state index is 0.213. The minimum atomic E-state index is -0.213. The van der Waals surface area contributed by atoms with Crippen LogP contribution in [0.5, 0.6) is 11.5 Å². The van der Waals surface area contributed by atoms with E-state index in [0.717, 1.165) is 15.6 Å². The van der Waals surface area contributed by atoms with Crippen LogP contribution in [0.15, 0.2) is 45.8 Å². The molecule has 0 aliphatic carbocycles. The van der Waals surface area contributed by atoms with Gasteiger partial charge in [0.1, 0.15) is 10.9 Å². The van der Waals surface area contributed by atoms with Crippen molar-refractivity contribution in [3.05, 3.63) is 61.9 Å². The maximum Gasteiger partial charge on any atom is 0.263 e. The van der Waals surface area contributed by atoms with E-state index in [4.69, 9.17) is 33.3 Å². The average molecular weight is 485 g/mol. The van der Waals surface area contributed by atoms with Crippen molar-refractivity contribution in [2.45, 2.75) is 13.5 Å². The SMILES string of the molecule is CCOc1cc(/C=C2\SC(=S)NC2=O)cc(Cl)c1OCc1ccc(Br)cc1. The van der Waals surface area contributed by atoms with Gasteiger partial charge >= 0.3 is 0 Å². The van der Waals surface area contributed by atoms with Crippen LogP contribution < -0.4 is 14.8 Å². The van der Waals surface area contributed by atoms with Gasteiger partial charge in [-0.1, -0.05) is 63.6 Å². The van der Waals surface area contributed by atoms with Crippen molar-refractivity contribution in [1.29, 1.82) is 0 Å². The number of carbonyl (C=O) groups excluding carboxylic acids is 1. The molecule has 8 heteroatoms. The van der Waals surface area contributed by atoms with E-state index in [1.165, 1.54) is 11.8 Å². The molecule has 0 bridgehead atoms. The van der Waals surface area contributed by atoms with E-state index >= 15 is 0 Å². The summed E-state index contributed by atoms with van der Waals surface area (Å²) in [6.45, 7) is 2.71. The normalized spacial score (nSPS) is 15.1. The smallest absolute Gasteiger partial charge is 0.263 e. The van der Waals surface area contributed by atoms with E-state index in [9.17, 15) is 4.79 Å². The van der Waals surface area contributed by atoms with Crippen molar-refractivity contribution in [3.63, 3.8) is 0 Å². The van der Waals surface area contributed by atoms with Gasteiger partial charge in [0, 0.05) is 4.47 Å². The molecule has 1 N–H and O–H groups in total. The van der Waals surface area contributed by atoms with Gasteiger partial charge in [-0.05, 0) is 48.4 Å². The summed E-state index contributed by atoms with van der Waals surface area (Å²) in [6, 6.07) is 11.4. The summed E-state index contributed by atoms with van der Waals surface area (Å²) in [7, 11) is 0. The fourth-order valence-electron chi connectivity index (χ4n) is 2.38. The van der Waals surface area contributed by atoms with Gasteiger partial charge in [0.25, 0.3) is 5.91 Å². The highest BCUT2D eigenvalue weighted by Gasteiger charge is 2.22. The molecule has 27 heavy (non-hydrogen) atoms. The number of carbonyl (C=O) groups is 1. The number of thiocarbonyl (C=S) groups is 1. The lowest BCUT2D eigenvalue weighted by Crippen LogP contribution is -2.17. The Morgan fingerprint density at radius 1 is 1.26 bits per heavy atom. The third-order valence-corrected chi connectivity index (χ3v) is 5.54. The maximum atomic E-state index is 11.9. The molecule has 2 aromatic rings. The Balaban J connectivity index is 1.85. The summed E-state index contributed by atoms with van der Waals surface area (Å²) in [4.78, 5) is 12.4. The Morgan fingerprint density at radius 2 is 2.00 bits per heavy atom. The first-order valence-corrected chi connectivity index (χ1v) is 10.4. The molecule has 3 rings (SSSR count). The summed E-state index contributed by atoms with van der Waals surface area (Å²) >= 11 is 16.1. The van der Waals surface area contributed by atoms with Crippen molar-refractivity contribution < 1.29 is 14.3 Å². The predicted molar refractivity (Wildman–Crippen MR) is 117 cm³/mol. The fraction of sp³-hybridized carbons (Fsp3) is 0.158.